The third-order valence-electron chi connectivity index (χ3n) is 2.77. The molecule has 88 valence electrons. The summed E-state index contributed by atoms with van der Waals surface area (Å²) < 4.78 is 0. The van der Waals surface area contributed by atoms with Gasteiger partial charge in [0.15, 0.2) is 5.78 Å². The van der Waals surface area contributed by atoms with Gasteiger partial charge in [0.2, 0.25) is 0 Å². The lowest BCUT2D eigenvalue weighted by Gasteiger charge is -2.23. The van der Waals surface area contributed by atoms with Crippen molar-refractivity contribution in [2.45, 2.75) is 32.3 Å². The highest BCUT2D eigenvalue weighted by molar-refractivity contribution is 6.42. The van der Waals surface area contributed by atoms with Crippen LogP contribution in [0.15, 0.2) is 18.2 Å². The molecular weight excluding hydrogens is 247 g/mol. The van der Waals surface area contributed by atoms with Crippen LogP contribution in [0, 0.1) is 0 Å². The summed E-state index contributed by atoms with van der Waals surface area (Å²) in [6, 6.07) is 4.62. The molecule has 0 fully saturated rings. The van der Waals surface area contributed by atoms with Gasteiger partial charge in [-0.2, -0.15) is 0 Å². The van der Waals surface area contributed by atoms with E-state index in [1.807, 2.05) is 0 Å². The summed E-state index contributed by atoms with van der Waals surface area (Å²) in [6.45, 7) is 3.55. The third-order valence-corrected chi connectivity index (χ3v) is 3.51. The van der Waals surface area contributed by atoms with E-state index in [1.165, 1.54) is 6.07 Å². The Bertz CT molecular complexity index is 398. The summed E-state index contributed by atoms with van der Waals surface area (Å²) in [6.07, 6.45) is 0.755. The zero-order valence-electron chi connectivity index (χ0n) is 9.26. The van der Waals surface area contributed by atoms with Gasteiger partial charge in [-0.15, -0.1) is 0 Å². The number of aliphatic hydroxyl groups is 1. The monoisotopic (exact) mass is 260 g/mol. The van der Waals surface area contributed by atoms with Crippen molar-refractivity contribution in [3.63, 3.8) is 0 Å². The van der Waals surface area contributed by atoms with Gasteiger partial charge < -0.3 is 5.11 Å². The van der Waals surface area contributed by atoms with Crippen LogP contribution in [0.4, 0.5) is 0 Å². The average molecular weight is 261 g/mol. The maximum absolute atomic E-state index is 12.0. The second-order valence-electron chi connectivity index (χ2n) is 3.70. The van der Waals surface area contributed by atoms with Gasteiger partial charge in [0.1, 0.15) is 5.60 Å². The molecule has 0 bridgehead atoms. The fraction of sp³-hybridized carbons (Fsp3) is 0.417. The van der Waals surface area contributed by atoms with Crippen molar-refractivity contribution >= 4 is 29.0 Å². The largest absolute Gasteiger partial charge is 0.382 e. The van der Waals surface area contributed by atoms with E-state index in [9.17, 15) is 9.90 Å². The first-order valence-corrected chi connectivity index (χ1v) is 5.92. The van der Waals surface area contributed by atoms with Crippen molar-refractivity contribution in [2.75, 3.05) is 0 Å². The van der Waals surface area contributed by atoms with Crippen LogP contribution in [0.25, 0.3) is 0 Å². The first kappa shape index (κ1) is 13.5. The van der Waals surface area contributed by atoms with Gasteiger partial charge in [0.25, 0.3) is 0 Å². The van der Waals surface area contributed by atoms with Crippen LogP contribution in [0.2, 0.25) is 10.0 Å². The predicted molar refractivity (Wildman–Crippen MR) is 66.3 cm³/mol. The van der Waals surface area contributed by atoms with Gasteiger partial charge in [-0.1, -0.05) is 37.0 Å². The van der Waals surface area contributed by atoms with Crippen LogP contribution in [0.3, 0.4) is 0 Å². The molecule has 0 amide bonds. The van der Waals surface area contributed by atoms with Crippen LogP contribution in [-0.2, 0) is 0 Å². The fourth-order valence-corrected chi connectivity index (χ4v) is 1.78. The van der Waals surface area contributed by atoms with Crippen molar-refractivity contribution in [3.05, 3.63) is 33.8 Å². The van der Waals surface area contributed by atoms with Gasteiger partial charge in [0, 0.05) is 5.56 Å². The van der Waals surface area contributed by atoms with Crippen molar-refractivity contribution < 1.29 is 9.90 Å². The maximum Gasteiger partial charge on any atom is 0.194 e. The normalized spacial score (nSPS) is 11.6. The highest BCUT2D eigenvalue weighted by Gasteiger charge is 2.32. The Morgan fingerprint density at radius 1 is 1.25 bits per heavy atom. The first-order valence-electron chi connectivity index (χ1n) is 5.17. The minimum atomic E-state index is -1.31. The molecule has 0 saturated carbocycles. The lowest BCUT2D eigenvalue weighted by atomic mass is 9.88. The summed E-state index contributed by atoms with van der Waals surface area (Å²) in [7, 11) is 0. The molecule has 1 N–H and O–H groups in total. The Kier molecular flexibility index (Phi) is 4.36. The molecule has 1 aromatic rings. The number of rotatable bonds is 4. The molecule has 0 aliphatic carbocycles. The minimum Gasteiger partial charge on any atom is -0.382 e. The van der Waals surface area contributed by atoms with Crippen LogP contribution < -0.4 is 0 Å². The molecular formula is C12H14Cl2O2. The Hall–Kier alpha value is -0.570. The van der Waals surface area contributed by atoms with Crippen LogP contribution >= 0.6 is 23.2 Å². The van der Waals surface area contributed by atoms with E-state index in [0.29, 0.717) is 28.5 Å². The fourth-order valence-electron chi connectivity index (χ4n) is 1.48. The number of carbonyl (C=O) groups is 1. The Balaban J connectivity index is 3.09. The summed E-state index contributed by atoms with van der Waals surface area (Å²) in [5, 5.41) is 10.8. The topological polar surface area (TPSA) is 37.3 Å². The van der Waals surface area contributed by atoms with Gasteiger partial charge in [0.05, 0.1) is 10.0 Å². The maximum atomic E-state index is 12.0. The molecule has 0 radical (unpaired) electrons. The van der Waals surface area contributed by atoms with E-state index in [4.69, 9.17) is 23.2 Å². The summed E-state index contributed by atoms with van der Waals surface area (Å²) in [4.78, 5) is 12.0. The summed E-state index contributed by atoms with van der Waals surface area (Å²) in [5.74, 6) is -0.309. The van der Waals surface area contributed by atoms with E-state index >= 15 is 0 Å². The zero-order chi connectivity index (χ0) is 12.3. The Morgan fingerprint density at radius 3 is 2.25 bits per heavy atom. The molecule has 0 spiro atoms. The first-order chi connectivity index (χ1) is 7.44. The van der Waals surface area contributed by atoms with Crippen molar-refractivity contribution in [2.24, 2.45) is 0 Å². The molecule has 2 nitrogen and oxygen atoms in total. The zero-order valence-corrected chi connectivity index (χ0v) is 10.8. The lowest BCUT2D eigenvalue weighted by Crippen LogP contribution is -2.37. The Labute approximate surface area is 105 Å². The van der Waals surface area contributed by atoms with Crippen molar-refractivity contribution in [3.8, 4) is 0 Å². The van der Waals surface area contributed by atoms with Crippen molar-refractivity contribution in [1.29, 1.82) is 0 Å². The minimum absolute atomic E-state index is 0.309. The third kappa shape index (κ3) is 2.57. The van der Waals surface area contributed by atoms with Gasteiger partial charge in [-0.05, 0) is 31.0 Å². The molecule has 1 aromatic carbocycles. The van der Waals surface area contributed by atoms with Gasteiger partial charge in [-0.3, -0.25) is 4.79 Å². The van der Waals surface area contributed by atoms with E-state index in [0.717, 1.165) is 0 Å². The molecule has 16 heavy (non-hydrogen) atoms. The molecule has 4 heteroatoms. The number of ketones is 1. The predicted octanol–water partition coefficient (Wildman–Crippen LogP) is 3.73. The smallest absolute Gasteiger partial charge is 0.194 e. The molecule has 1 rings (SSSR count). The highest BCUT2D eigenvalue weighted by Crippen LogP contribution is 2.26. The second kappa shape index (κ2) is 5.17. The van der Waals surface area contributed by atoms with Crippen LogP contribution in [0.1, 0.15) is 37.0 Å². The molecule has 0 heterocycles. The number of carbonyl (C=O) groups excluding carboxylic acids is 1. The van der Waals surface area contributed by atoms with Crippen LogP contribution in [0.5, 0.6) is 0 Å². The molecule has 0 aliphatic heterocycles. The van der Waals surface area contributed by atoms with E-state index < -0.39 is 5.60 Å². The number of hydrogen-bond donors (Lipinski definition) is 1. The quantitative estimate of drug-likeness (QED) is 0.838. The number of hydrogen-bond acceptors (Lipinski definition) is 2. The molecule has 0 atom stereocenters. The van der Waals surface area contributed by atoms with E-state index in [-0.39, 0.29) is 5.78 Å². The average Bonchev–Trinajstić information content (AvgIpc) is 2.30. The Morgan fingerprint density at radius 2 is 1.81 bits per heavy atom. The molecule has 0 saturated heterocycles. The highest BCUT2D eigenvalue weighted by atomic mass is 35.5. The lowest BCUT2D eigenvalue weighted by molar-refractivity contribution is 0.0278. The second-order valence-corrected chi connectivity index (χ2v) is 4.51. The number of benzene rings is 1. The summed E-state index contributed by atoms with van der Waals surface area (Å²) in [5.41, 5.74) is -0.919. The molecule has 0 aromatic heterocycles. The van der Waals surface area contributed by atoms with E-state index in [2.05, 4.69) is 0 Å². The number of Topliss-reactive ketones (excluding diaryl/α,β-unsaturated/α-hetero) is 1. The SMILES string of the molecule is CCC(O)(CC)C(=O)c1ccc(Cl)c(Cl)c1. The molecule has 0 unspecified atom stereocenters. The number of halogens is 2. The van der Waals surface area contributed by atoms with Crippen molar-refractivity contribution in [1.82, 2.24) is 0 Å². The van der Waals surface area contributed by atoms with Crippen LogP contribution in [-0.4, -0.2) is 16.5 Å². The van der Waals surface area contributed by atoms with E-state index in [1.54, 1.807) is 26.0 Å². The molecule has 0 aliphatic rings. The summed E-state index contributed by atoms with van der Waals surface area (Å²) >= 11 is 11.6. The van der Waals surface area contributed by atoms with Gasteiger partial charge >= 0.3 is 0 Å². The standard InChI is InChI=1S/C12H14Cl2O2/c1-3-12(16,4-2)11(15)8-5-6-9(13)10(14)7-8/h5-7,16H,3-4H2,1-2H3. The van der Waals surface area contributed by atoms with Gasteiger partial charge in [-0.25, -0.2) is 0 Å².